The quantitative estimate of drug-likeness (QED) is 0.583. The molecule has 0 N–H and O–H groups in total. The highest BCUT2D eigenvalue weighted by Gasteiger charge is 2.36. The fourth-order valence-electron chi connectivity index (χ4n) is 3.64. The standard InChI is InChI=1S/C19H18ClF3N6O/c1-11-18-14(29(26-24-18)16-7-8-27(2)25-16)6-9-28(11)10-15(30)12-4-3-5-13(17(12)20)19(21,22)23/h3-5,7-8,11H,6,9-10H2,1-2H3/t11-/m1/s1. The highest BCUT2D eigenvalue weighted by molar-refractivity contribution is 6.34. The first-order valence-corrected chi connectivity index (χ1v) is 9.62. The van der Waals surface area contributed by atoms with Gasteiger partial charge in [-0.3, -0.25) is 14.4 Å². The average molecular weight is 439 g/mol. The Labute approximate surface area is 175 Å². The van der Waals surface area contributed by atoms with Crippen LogP contribution in [0.3, 0.4) is 0 Å². The molecule has 11 heteroatoms. The molecular formula is C19H18ClF3N6O. The zero-order valence-corrected chi connectivity index (χ0v) is 16.9. The van der Waals surface area contributed by atoms with Crippen molar-refractivity contribution in [2.45, 2.75) is 25.6 Å². The van der Waals surface area contributed by atoms with Crippen molar-refractivity contribution in [2.24, 2.45) is 7.05 Å². The minimum atomic E-state index is -4.62. The Kier molecular flexibility index (Phi) is 5.15. The monoisotopic (exact) mass is 438 g/mol. The summed E-state index contributed by atoms with van der Waals surface area (Å²) in [5, 5.41) is 12.2. The lowest BCUT2D eigenvalue weighted by molar-refractivity contribution is -0.137. The van der Waals surface area contributed by atoms with Crippen LogP contribution in [0, 0.1) is 0 Å². The molecule has 7 nitrogen and oxygen atoms in total. The SMILES string of the molecule is C[C@@H]1c2nnn(-c3ccn(C)n3)c2CCN1CC(=O)c1cccc(C(F)(F)F)c1Cl. The number of aromatic nitrogens is 5. The molecule has 1 aromatic carbocycles. The van der Waals surface area contributed by atoms with E-state index in [1.165, 1.54) is 12.1 Å². The topological polar surface area (TPSA) is 68.8 Å². The summed E-state index contributed by atoms with van der Waals surface area (Å²) in [4.78, 5) is 14.6. The van der Waals surface area contributed by atoms with Crippen LogP contribution in [0.2, 0.25) is 5.02 Å². The Morgan fingerprint density at radius 2 is 2.07 bits per heavy atom. The molecule has 0 saturated carbocycles. The van der Waals surface area contributed by atoms with Crippen LogP contribution in [0.4, 0.5) is 13.2 Å². The minimum absolute atomic E-state index is 0.0713. The first kappa shape index (κ1) is 20.5. The lowest BCUT2D eigenvalue weighted by atomic mass is 10.0. The van der Waals surface area contributed by atoms with Crippen molar-refractivity contribution in [3.8, 4) is 5.82 Å². The summed E-state index contributed by atoms with van der Waals surface area (Å²) in [7, 11) is 1.81. The molecule has 158 valence electrons. The first-order valence-electron chi connectivity index (χ1n) is 9.24. The third-order valence-electron chi connectivity index (χ3n) is 5.24. The number of nitrogens with zero attached hydrogens (tertiary/aromatic N) is 6. The van der Waals surface area contributed by atoms with Gasteiger partial charge in [0.25, 0.3) is 0 Å². The Bertz CT molecular complexity index is 1110. The number of benzene rings is 1. The number of aryl methyl sites for hydroxylation is 1. The van der Waals surface area contributed by atoms with E-state index in [-0.39, 0.29) is 18.2 Å². The summed E-state index contributed by atoms with van der Waals surface area (Å²) in [6.07, 6.45) is -2.24. The first-order chi connectivity index (χ1) is 14.2. The maximum atomic E-state index is 13.1. The van der Waals surface area contributed by atoms with Gasteiger partial charge in [0.1, 0.15) is 5.69 Å². The molecule has 3 aromatic rings. The Morgan fingerprint density at radius 3 is 2.73 bits per heavy atom. The third kappa shape index (κ3) is 3.61. The second kappa shape index (κ2) is 7.51. The number of fused-ring (bicyclic) bond motifs is 1. The molecule has 2 aromatic heterocycles. The van der Waals surface area contributed by atoms with Crippen LogP contribution in [0.15, 0.2) is 30.5 Å². The average Bonchev–Trinajstić information content (AvgIpc) is 3.29. The molecule has 0 fully saturated rings. The smallest absolute Gasteiger partial charge is 0.293 e. The van der Waals surface area contributed by atoms with Crippen LogP contribution in [0.5, 0.6) is 0 Å². The van der Waals surface area contributed by atoms with Gasteiger partial charge in [0.2, 0.25) is 0 Å². The molecule has 0 aliphatic carbocycles. The molecule has 0 unspecified atom stereocenters. The fourth-order valence-corrected chi connectivity index (χ4v) is 3.98. The summed E-state index contributed by atoms with van der Waals surface area (Å²) >= 11 is 5.90. The summed E-state index contributed by atoms with van der Waals surface area (Å²) in [5.41, 5.74) is 0.473. The molecule has 1 atom stereocenters. The summed E-state index contributed by atoms with van der Waals surface area (Å²) in [5.74, 6) is 0.178. The van der Waals surface area contributed by atoms with E-state index in [1.807, 2.05) is 24.9 Å². The maximum absolute atomic E-state index is 13.1. The predicted molar refractivity (Wildman–Crippen MR) is 103 cm³/mol. The van der Waals surface area contributed by atoms with Crippen LogP contribution in [0.25, 0.3) is 5.82 Å². The van der Waals surface area contributed by atoms with Gasteiger partial charge in [-0.05, 0) is 19.1 Å². The van der Waals surface area contributed by atoms with Crippen molar-refractivity contribution in [2.75, 3.05) is 13.1 Å². The predicted octanol–water partition coefficient (Wildman–Crippen LogP) is 3.48. The van der Waals surface area contributed by atoms with Crippen LogP contribution >= 0.6 is 11.6 Å². The van der Waals surface area contributed by atoms with Gasteiger partial charge in [0, 0.05) is 37.8 Å². The maximum Gasteiger partial charge on any atom is 0.417 e. The van der Waals surface area contributed by atoms with Gasteiger partial charge >= 0.3 is 6.18 Å². The molecule has 4 rings (SSSR count). The van der Waals surface area contributed by atoms with Gasteiger partial charge in [0.05, 0.1) is 28.9 Å². The molecule has 0 saturated heterocycles. The second-order valence-corrected chi connectivity index (χ2v) is 7.54. The van der Waals surface area contributed by atoms with Gasteiger partial charge in [-0.15, -0.1) is 5.10 Å². The highest BCUT2D eigenvalue weighted by atomic mass is 35.5. The third-order valence-corrected chi connectivity index (χ3v) is 5.65. The Balaban J connectivity index is 1.55. The Hall–Kier alpha value is -2.72. The van der Waals surface area contributed by atoms with Gasteiger partial charge < -0.3 is 0 Å². The molecular weight excluding hydrogens is 421 g/mol. The van der Waals surface area contributed by atoms with Crippen molar-refractivity contribution in [1.29, 1.82) is 0 Å². The van der Waals surface area contributed by atoms with E-state index in [9.17, 15) is 18.0 Å². The van der Waals surface area contributed by atoms with E-state index in [4.69, 9.17) is 11.6 Å². The van der Waals surface area contributed by atoms with E-state index >= 15 is 0 Å². The van der Waals surface area contributed by atoms with Crippen LogP contribution in [-0.2, 0) is 19.6 Å². The van der Waals surface area contributed by atoms with E-state index < -0.39 is 22.5 Å². The van der Waals surface area contributed by atoms with Crippen molar-refractivity contribution >= 4 is 17.4 Å². The normalized spacial score (nSPS) is 17.2. The highest BCUT2D eigenvalue weighted by Crippen LogP contribution is 2.37. The van der Waals surface area contributed by atoms with Crippen molar-refractivity contribution in [3.63, 3.8) is 0 Å². The molecule has 0 radical (unpaired) electrons. The van der Waals surface area contributed by atoms with Gasteiger partial charge in [0.15, 0.2) is 11.6 Å². The lowest BCUT2D eigenvalue weighted by Crippen LogP contribution is -2.38. The number of rotatable bonds is 4. The molecule has 1 aliphatic heterocycles. The van der Waals surface area contributed by atoms with E-state index in [0.29, 0.717) is 18.8 Å². The number of alkyl halides is 3. The van der Waals surface area contributed by atoms with E-state index in [0.717, 1.165) is 17.5 Å². The van der Waals surface area contributed by atoms with Gasteiger partial charge in [-0.1, -0.05) is 22.9 Å². The van der Waals surface area contributed by atoms with Crippen LogP contribution in [-0.4, -0.2) is 48.5 Å². The minimum Gasteiger partial charge on any atom is -0.293 e. The van der Waals surface area contributed by atoms with E-state index in [2.05, 4.69) is 15.4 Å². The number of hydrogen-bond donors (Lipinski definition) is 0. The van der Waals surface area contributed by atoms with Crippen LogP contribution in [0.1, 0.15) is 40.3 Å². The van der Waals surface area contributed by atoms with E-state index in [1.54, 1.807) is 15.6 Å². The molecule has 30 heavy (non-hydrogen) atoms. The zero-order valence-electron chi connectivity index (χ0n) is 16.2. The number of Topliss-reactive ketones (excluding diaryl/α,β-unsaturated/α-hetero) is 1. The number of carbonyl (C=O) groups excluding carboxylic acids is 1. The molecule has 1 aliphatic rings. The van der Waals surface area contributed by atoms with Crippen molar-refractivity contribution < 1.29 is 18.0 Å². The lowest BCUT2D eigenvalue weighted by Gasteiger charge is -2.31. The summed E-state index contributed by atoms with van der Waals surface area (Å²) < 4.78 is 42.6. The number of halogens is 4. The van der Waals surface area contributed by atoms with Crippen LogP contribution < -0.4 is 0 Å². The molecule has 0 amide bonds. The number of ketones is 1. The number of hydrogen-bond acceptors (Lipinski definition) is 5. The Morgan fingerprint density at radius 1 is 1.30 bits per heavy atom. The molecule has 0 bridgehead atoms. The van der Waals surface area contributed by atoms with Crippen molar-refractivity contribution in [1.82, 2.24) is 29.7 Å². The van der Waals surface area contributed by atoms with Crippen molar-refractivity contribution in [3.05, 3.63) is 58.0 Å². The fraction of sp³-hybridized carbons (Fsp3) is 0.368. The zero-order chi connectivity index (χ0) is 21.6. The summed E-state index contributed by atoms with van der Waals surface area (Å²) in [6.45, 7) is 2.34. The molecule has 3 heterocycles. The number of carbonyl (C=O) groups is 1. The molecule has 0 spiro atoms. The van der Waals surface area contributed by atoms with Gasteiger partial charge in [-0.2, -0.15) is 23.0 Å². The largest absolute Gasteiger partial charge is 0.417 e. The second-order valence-electron chi connectivity index (χ2n) is 7.17. The van der Waals surface area contributed by atoms with Gasteiger partial charge in [-0.25, -0.2) is 0 Å². The summed E-state index contributed by atoms with van der Waals surface area (Å²) in [6, 6.07) is 4.96.